The van der Waals surface area contributed by atoms with Crippen molar-refractivity contribution in [2.45, 2.75) is 31.8 Å². The summed E-state index contributed by atoms with van der Waals surface area (Å²) in [5, 5.41) is 10.2. The Morgan fingerprint density at radius 1 is 1.20 bits per heavy atom. The minimum absolute atomic E-state index is 0.0379. The van der Waals surface area contributed by atoms with E-state index in [2.05, 4.69) is 4.98 Å². The smallest absolute Gasteiger partial charge is 0.222 e. The van der Waals surface area contributed by atoms with Crippen molar-refractivity contribution in [2.24, 2.45) is 5.92 Å². The van der Waals surface area contributed by atoms with Gasteiger partial charge in [0.25, 0.3) is 0 Å². The number of aromatic nitrogens is 1. The third-order valence-electron chi connectivity index (χ3n) is 4.73. The first-order chi connectivity index (χ1) is 12.1. The lowest BCUT2D eigenvalue weighted by Gasteiger charge is -2.16. The zero-order chi connectivity index (χ0) is 17.6. The average Bonchev–Trinajstić information content (AvgIpc) is 2.98. The molecule has 132 valence electrons. The summed E-state index contributed by atoms with van der Waals surface area (Å²) in [6, 6.07) is 12.1. The summed E-state index contributed by atoms with van der Waals surface area (Å²) in [6.45, 7) is 0.972. The number of aryl methyl sites for hydroxylation is 1. The highest BCUT2D eigenvalue weighted by Gasteiger charge is 2.33. The number of nitrogens with zero attached hydrogens (tertiary/aromatic N) is 2. The Morgan fingerprint density at radius 2 is 2.00 bits per heavy atom. The summed E-state index contributed by atoms with van der Waals surface area (Å²) in [5.74, 6) is -0.134. The topological polar surface area (TPSA) is 53.4 Å². The Kier molecular flexibility index (Phi) is 5.76. The van der Waals surface area contributed by atoms with Gasteiger partial charge in [-0.2, -0.15) is 0 Å². The number of halogens is 1. The van der Waals surface area contributed by atoms with Crippen LogP contribution in [0.25, 0.3) is 0 Å². The van der Waals surface area contributed by atoms with Crippen molar-refractivity contribution in [3.05, 3.63) is 65.7 Å². The predicted octanol–water partition coefficient (Wildman–Crippen LogP) is 2.61. The Labute approximate surface area is 147 Å². The molecule has 1 saturated heterocycles. The number of β-amino-alcohol motifs (C(OH)–C–C–N with tert-alkyl or cyclic N) is 1. The Morgan fingerprint density at radius 3 is 2.72 bits per heavy atom. The van der Waals surface area contributed by atoms with E-state index in [1.807, 2.05) is 18.2 Å². The summed E-state index contributed by atoms with van der Waals surface area (Å²) in [4.78, 5) is 18.4. The maximum atomic E-state index is 12.9. The molecular formula is C20H23FN2O2. The maximum Gasteiger partial charge on any atom is 0.222 e. The lowest BCUT2D eigenvalue weighted by atomic mass is 10.00. The molecule has 1 aliphatic rings. The van der Waals surface area contributed by atoms with Gasteiger partial charge in [0.1, 0.15) is 5.82 Å². The highest BCUT2D eigenvalue weighted by Crippen LogP contribution is 2.22. The van der Waals surface area contributed by atoms with Crippen LogP contribution in [0.3, 0.4) is 0 Å². The highest BCUT2D eigenvalue weighted by molar-refractivity contribution is 5.76. The standard InChI is InChI=1S/C20H23FN2O2/c21-17-9-7-15(8-10-17)4-3-6-20(25)23-13-16(19(24)14-23)12-18-5-1-2-11-22-18/h1-2,5,7-11,16,19,24H,3-4,6,12-14H2/t16-,19-/m1/s1. The molecule has 2 heterocycles. The van der Waals surface area contributed by atoms with E-state index < -0.39 is 6.10 Å². The zero-order valence-electron chi connectivity index (χ0n) is 14.1. The molecule has 1 aromatic carbocycles. The van der Waals surface area contributed by atoms with Crippen LogP contribution >= 0.6 is 0 Å². The van der Waals surface area contributed by atoms with Crippen molar-refractivity contribution >= 4 is 5.91 Å². The third kappa shape index (κ3) is 4.86. The minimum atomic E-state index is -0.497. The number of rotatable bonds is 6. The number of aliphatic hydroxyl groups is 1. The van der Waals surface area contributed by atoms with Gasteiger partial charge in [0, 0.05) is 37.3 Å². The van der Waals surface area contributed by atoms with Gasteiger partial charge in [-0.3, -0.25) is 9.78 Å². The summed E-state index contributed by atoms with van der Waals surface area (Å²) in [6.07, 6.45) is 3.85. The number of amides is 1. The van der Waals surface area contributed by atoms with Gasteiger partial charge in [0.15, 0.2) is 0 Å². The molecule has 0 radical (unpaired) electrons. The number of aliphatic hydroxyl groups excluding tert-OH is 1. The lowest BCUT2D eigenvalue weighted by Crippen LogP contribution is -2.29. The molecule has 1 fully saturated rings. The second-order valence-electron chi connectivity index (χ2n) is 6.63. The van der Waals surface area contributed by atoms with E-state index in [0.717, 1.165) is 24.1 Å². The maximum absolute atomic E-state index is 12.9. The number of carbonyl (C=O) groups is 1. The first-order valence-corrected chi connectivity index (χ1v) is 8.72. The Bertz CT molecular complexity index is 691. The zero-order valence-corrected chi connectivity index (χ0v) is 14.1. The van der Waals surface area contributed by atoms with Crippen molar-refractivity contribution in [3.8, 4) is 0 Å². The lowest BCUT2D eigenvalue weighted by molar-refractivity contribution is -0.130. The predicted molar refractivity (Wildman–Crippen MR) is 93.4 cm³/mol. The van der Waals surface area contributed by atoms with Crippen LogP contribution in [0.4, 0.5) is 4.39 Å². The van der Waals surface area contributed by atoms with E-state index in [1.165, 1.54) is 12.1 Å². The summed E-state index contributed by atoms with van der Waals surface area (Å²) in [7, 11) is 0. The van der Waals surface area contributed by atoms with Gasteiger partial charge in [-0.25, -0.2) is 4.39 Å². The monoisotopic (exact) mass is 342 g/mol. The van der Waals surface area contributed by atoms with Crippen molar-refractivity contribution < 1.29 is 14.3 Å². The quantitative estimate of drug-likeness (QED) is 0.878. The molecule has 1 amide bonds. The van der Waals surface area contributed by atoms with E-state index in [9.17, 15) is 14.3 Å². The van der Waals surface area contributed by atoms with Crippen LogP contribution < -0.4 is 0 Å². The number of pyridine rings is 1. The Balaban J connectivity index is 1.45. The summed E-state index contributed by atoms with van der Waals surface area (Å²) >= 11 is 0. The normalized spacial score (nSPS) is 20.0. The van der Waals surface area contributed by atoms with Gasteiger partial charge in [-0.15, -0.1) is 0 Å². The fourth-order valence-electron chi connectivity index (χ4n) is 3.30. The van der Waals surface area contributed by atoms with Crippen LogP contribution in [0.5, 0.6) is 0 Å². The van der Waals surface area contributed by atoms with Gasteiger partial charge in [-0.05, 0) is 49.1 Å². The molecule has 2 aromatic rings. The molecule has 0 spiro atoms. The van der Waals surface area contributed by atoms with E-state index in [-0.39, 0.29) is 17.6 Å². The van der Waals surface area contributed by atoms with Crippen LogP contribution in [0.15, 0.2) is 48.7 Å². The molecule has 0 aliphatic carbocycles. The molecule has 5 heteroatoms. The van der Waals surface area contributed by atoms with Crippen molar-refractivity contribution in [2.75, 3.05) is 13.1 Å². The Hall–Kier alpha value is -2.27. The highest BCUT2D eigenvalue weighted by atomic mass is 19.1. The SMILES string of the molecule is O=C(CCCc1ccc(F)cc1)N1C[C@@H](Cc2ccccn2)[C@H](O)C1. The largest absolute Gasteiger partial charge is 0.391 e. The molecule has 0 bridgehead atoms. The van der Waals surface area contributed by atoms with Crippen LogP contribution in [0.2, 0.25) is 0 Å². The van der Waals surface area contributed by atoms with Gasteiger partial charge < -0.3 is 10.0 Å². The van der Waals surface area contributed by atoms with Crippen molar-refractivity contribution in [3.63, 3.8) is 0 Å². The second-order valence-corrected chi connectivity index (χ2v) is 6.63. The molecule has 2 atom stereocenters. The number of hydrogen-bond acceptors (Lipinski definition) is 3. The van der Waals surface area contributed by atoms with Crippen LogP contribution in [-0.4, -0.2) is 40.1 Å². The van der Waals surface area contributed by atoms with E-state index in [0.29, 0.717) is 25.9 Å². The van der Waals surface area contributed by atoms with Crippen LogP contribution in [0, 0.1) is 11.7 Å². The summed E-state index contributed by atoms with van der Waals surface area (Å²) < 4.78 is 12.9. The first kappa shape index (κ1) is 17.5. The number of likely N-dealkylation sites (tertiary alicyclic amines) is 1. The first-order valence-electron chi connectivity index (χ1n) is 8.72. The third-order valence-corrected chi connectivity index (χ3v) is 4.73. The van der Waals surface area contributed by atoms with Crippen molar-refractivity contribution in [1.82, 2.24) is 9.88 Å². The molecule has 3 rings (SSSR count). The second kappa shape index (κ2) is 8.21. The molecule has 1 aromatic heterocycles. The number of hydrogen-bond donors (Lipinski definition) is 1. The van der Waals surface area contributed by atoms with Gasteiger partial charge >= 0.3 is 0 Å². The molecular weight excluding hydrogens is 319 g/mol. The van der Waals surface area contributed by atoms with Crippen molar-refractivity contribution in [1.29, 1.82) is 0 Å². The molecule has 0 unspecified atom stereocenters. The van der Waals surface area contributed by atoms with E-state index in [1.54, 1.807) is 23.2 Å². The van der Waals surface area contributed by atoms with Gasteiger partial charge in [0.05, 0.1) is 6.10 Å². The van der Waals surface area contributed by atoms with Crippen LogP contribution in [-0.2, 0) is 17.6 Å². The van der Waals surface area contributed by atoms with Gasteiger partial charge in [0.2, 0.25) is 5.91 Å². The average molecular weight is 342 g/mol. The van der Waals surface area contributed by atoms with E-state index in [4.69, 9.17) is 0 Å². The fourth-order valence-corrected chi connectivity index (χ4v) is 3.30. The molecule has 0 saturated carbocycles. The molecule has 25 heavy (non-hydrogen) atoms. The molecule has 1 aliphatic heterocycles. The van der Waals surface area contributed by atoms with E-state index >= 15 is 0 Å². The number of carbonyl (C=O) groups excluding carboxylic acids is 1. The van der Waals surface area contributed by atoms with Crippen LogP contribution in [0.1, 0.15) is 24.1 Å². The molecule has 1 N–H and O–H groups in total. The molecule has 4 nitrogen and oxygen atoms in total. The minimum Gasteiger partial charge on any atom is -0.391 e. The fraction of sp³-hybridized carbons (Fsp3) is 0.400. The number of benzene rings is 1. The summed E-state index contributed by atoms with van der Waals surface area (Å²) in [5.41, 5.74) is 1.97. The van der Waals surface area contributed by atoms with Gasteiger partial charge in [-0.1, -0.05) is 18.2 Å².